The fraction of sp³-hybridized carbons (Fsp3) is 0. The van der Waals surface area contributed by atoms with Gasteiger partial charge in [-0.05, 0) is 24.3 Å². The van der Waals surface area contributed by atoms with Crippen LogP contribution in [0, 0.1) is 17.1 Å². The molecule has 0 atom stereocenters. The van der Waals surface area contributed by atoms with Crippen molar-refractivity contribution >= 4 is 44.0 Å². The van der Waals surface area contributed by atoms with E-state index in [4.69, 9.17) is 11.5 Å². The summed E-state index contributed by atoms with van der Waals surface area (Å²) >= 11 is 1.25. The number of aromatic nitrogens is 2. The first-order chi connectivity index (χ1) is 10.1. The van der Waals surface area contributed by atoms with Crippen molar-refractivity contribution in [3.63, 3.8) is 0 Å². The van der Waals surface area contributed by atoms with E-state index in [1.54, 1.807) is 12.1 Å². The maximum atomic E-state index is 12.9. The second kappa shape index (κ2) is 4.88. The minimum atomic E-state index is -0.333. The molecule has 0 aliphatic carbocycles. The SMILES string of the molecule is N#Cc1c(Nc2ccc(F)cc2)sc2c(N)nc(N)nc12. The summed E-state index contributed by atoms with van der Waals surface area (Å²) in [6.45, 7) is 0. The first-order valence-corrected chi connectivity index (χ1v) is 6.68. The van der Waals surface area contributed by atoms with Crippen molar-refractivity contribution in [1.82, 2.24) is 9.97 Å². The van der Waals surface area contributed by atoms with Crippen molar-refractivity contribution in [2.24, 2.45) is 0 Å². The number of halogens is 1. The first-order valence-electron chi connectivity index (χ1n) is 5.86. The quantitative estimate of drug-likeness (QED) is 0.670. The number of thiophene rings is 1. The van der Waals surface area contributed by atoms with Crippen molar-refractivity contribution in [2.75, 3.05) is 16.8 Å². The van der Waals surface area contributed by atoms with Crippen LogP contribution in [0.1, 0.15) is 5.56 Å². The number of rotatable bonds is 2. The van der Waals surface area contributed by atoms with Crippen molar-refractivity contribution in [2.45, 2.75) is 0 Å². The maximum absolute atomic E-state index is 12.9. The largest absolute Gasteiger partial charge is 0.382 e. The summed E-state index contributed by atoms with van der Waals surface area (Å²) in [6.07, 6.45) is 0. The molecule has 0 unspecified atom stereocenters. The Morgan fingerprint density at radius 2 is 1.90 bits per heavy atom. The van der Waals surface area contributed by atoms with E-state index in [2.05, 4.69) is 21.4 Å². The van der Waals surface area contributed by atoms with Gasteiger partial charge in [0, 0.05) is 5.69 Å². The maximum Gasteiger partial charge on any atom is 0.222 e. The Labute approximate surface area is 122 Å². The van der Waals surface area contributed by atoms with E-state index in [9.17, 15) is 9.65 Å². The Balaban J connectivity index is 2.12. The topological polar surface area (TPSA) is 114 Å². The van der Waals surface area contributed by atoms with Gasteiger partial charge in [-0.25, -0.2) is 9.37 Å². The number of nitrogen functional groups attached to an aromatic ring is 2. The number of hydrogen-bond donors (Lipinski definition) is 3. The summed E-state index contributed by atoms with van der Waals surface area (Å²) in [5.41, 5.74) is 12.8. The molecule has 5 N–H and O–H groups in total. The summed E-state index contributed by atoms with van der Waals surface area (Å²) in [7, 11) is 0. The Bertz CT molecular complexity index is 865. The van der Waals surface area contributed by atoms with E-state index in [1.807, 2.05) is 0 Å². The molecule has 0 aliphatic heterocycles. The minimum absolute atomic E-state index is 0.0163. The summed E-state index contributed by atoms with van der Waals surface area (Å²) in [5, 5.41) is 12.9. The average Bonchev–Trinajstić information content (AvgIpc) is 2.79. The Kier molecular flexibility index (Phi) is 3.04. The Hall–Kier alpha value is -2.92. The summed E-state index contributed by atoms with van der Waals surface area (Å²) in [4.78, 5) is 7.94. The van der Waals surface area contributed by atoms with Gasteiger partial charge in [0.05, 0.1) is 4.70 Å². The molecule has 2 aromatic heterocycles. The second-order valence-electron chi connectivity index (χ2n) is 4.19. The lowest BCUT2D eigenvalue weighted by molar-refractivity contribution is 0.628. The second-order valence-corrected chi connectivity index (χ2v) is 5.22. The van der Waals surface area contributed by atoms with Gasteiger partial charge in [-0.15, -0.1) is 11.3 Å². The van der Waals surface area contributed by atoms with E-state index < -0.39 is 0 Å². The van der Waals surface area contributed by atoms with Crippen LogP contribution in [-0.2, 0) is 0 Å². The molecule has 3 aromatic rings. The normalized spacial score (nSPS) is 10.5. The van der Waals surface area contributed by atoms with Gasteiger partial charge in [0.15, 0.2) is 0 Å². The number of fused-ring (bicyclic) bond motifs is 1. The lowest BCUT2D eigenvalue weighted by atomic mass is 10.2. The molecule has 21 heavy (non-hydrogen) atoms. The van der Waals surface area contributed by atoms with Crippen LogP contribution in [0.3, 0.4) is 0 Å². The highest BCUT2D eigenvalue weighted by Crippen LogP contribution is 2.38. The fourth-order valence-electron chi connectivity index (χ4n) is 1.87. The van der Waals surface area contributed by atoms with Gasteiger partial charge in [-0.3, -0.25) is 0 Å². The molecule has 0 saturated carbocycles. The third-order valence-corrected chi connectivity index (χ3v) is 3.91. The van der Waals surface area contributed by atoms with E-state index in [0.29, 0.717) is 26.5 Å². The molecule has 0 amide bonds. The lowest BCUT2D eigenvalue weighted by Crippen LogP contribution is -1.99. The van der Waals surface area contributed by atoms with Crippen LogP contribution < -0.4 is 16.8 Å². The fourth-order valence-corrected chi connectivity index (χ4v) is 2.88. The smallest absolute Gasteiger partial charge is 0.222 e. The molecule has 8 heteroatoms. The van der Waals surface area contributed by atoms with Gasteiger partial charge in [-0.1, -0.05) is 0 Å². The number of anilines is 4. The average molecular weight is 300 g/mol. The summed E-state index contributed by atoms with van der Waals surface area (Å²) in [6, 6.07) is 7.88. The number of hydrogen-bond acceptors (Lipinski definition) is 7. The van der Waals surface area contributed by atoms with Crippen LogP contribution in [0.25, 0.3) is 10.2 Å². The number of nitrogens with zero attached hydrogens (tertiary/aromatic N) is 3. The zero-order chi connectivity index (χ0) is 15.0. The van der Waals surface area contributed by atoms with Crippen molar-refractivity contribution in [3.05, 3.63) is 35.6 Å². The van der Waals surface area contributed by atoms with Gasteiger partial charge in [0.25, 0.3) is 0 Å². The zero-order valence-electron chi connectivity index (χ0n) is 10.6. The van der Waals surface area contributed by atoms with Crippen LogP contribution in [0.2, 0.25) is 0 Å². The molecule has 2 heterocycles. The summed E-state index contributed by atoms with van der Waals surface area (Å²) < 4.78 is 13.5. The van der Waals surface area contributed by atoms with Gasteiger partial charge < -0.3 is 16.8 Å². The number of nitrogens with two attached hydrogens (primary N) is 2. The standard InChI is InChI=1S/C13H9FN6S/c14-6-1-3-7(4-2-6)18-12-8(5-15)9-10(21-12)11(16)20-13(17)19-9/h1-4,18H,(H4,16,17,19,20). The first kappa shape index (κ1) is 13.1. The molecule has 0 saturated heterocycles. The van der Waals surface area contributed by atoms with Gasteiger partial charge >= 0.3 is 0 Å². The van der Waals surface area contributed by atoms with E-state index in [0.717, 1.165) is 0 Å². The predicted molar refractivity (Wildman–Crippen MR) is 80.6 cm³/mol. The molecule has 0 radical (unpaired) electrons. The monoisotopic (exact) mass is 300 g/mol. The predicted octanol–water partition coefficient (Wildman–Crippen LogP) is 2.61. The van der Waals surface area contributed by atoms with Crippen LogP contribution >= 0.6 is 11.3 Å². The molecular weight excluding hydrogens is 291 g/mol. The molecule has 1 aromatic carbocycles. The van der Waals surface area contributed by atoms with E-state index >= 15 is 0 Å². The van der Waals surface area contributed by atoms with Crippen LogP contribution in [0.15, 0.2) is 24.3 Å². The van der Waals surface area contributed by atoms with Gasteiger partial charge in [0.2, 0.25) is 5.95 Å². The van der Waals surface area contributed by atoms with Gasteiger partial charge in [-0.2, -0.15) is 10.2 Å². The Morgan fingerprint density at radius 3 is 2.57 bits per heavy atom. The minimum Gasteiger partial charge on any atom is -0.382 e. The van der Waals surface area contributed by atoms with E-state index in [-0.39, 0.29) is 17.6 Å². The highest BCUT2D eigenvalue weighted by atomic mass is 32.1. The van der Waals surface area contributed by atoms with Crippen LogP contribution in [0.5, 0.6) is 0 Å². The van der Waals surface area contributed by atoms with E-state index in [1.165, 1.54) is 23.5 Å². The van der Waals surface area contributed by atoms with Crippen molar-refractivity contribution < 1.29 is 4.39 Å². The van der Waals surface area contributed by atoms with Gasteiger partial charge in [0.1, 0.15) is 33.8 Å². The highest BCUT2D eigenvalue weighted by Gasteiger charge is 2.17. The number of nitriles is 1. The molecule has 0 aliphatic rings. The third-order valence-electron chi connectivity index (χ3n) is 2.79. The zero-order valence-corrected chi connectivity index (χ0v) is 11.4. The summed E-state index contributed by atoms with van der Waals surface area (Å²) in [5.74, 6) is -0.0888. The molecule has 6 nitrogen and oxygen atoms in total. The van der Waals surface area contributed by atoms with Crippen LogP contribution in [0.4, 0.5) is 26.8 Å². The third kappa shape index (κ3) is 2.30. The molecule has 0 fully saturated rings. The molecule has 104 valence electrons. The highest BCUT2D eigenvalue weighted by molar-refractivity contribution is 7.23. The van der Waals surface area contributed by atoms with Crippen LogP contribution in [-0.4, -0.2) is 9.97 Å². The molecule has 3 rings (SSSR count). The van der Waals surface area contributed by atoms with Crippen molar-refractivity contribution in [1.29, 1.82) is 5.26 Å². The molecular formula is C13H9FN6S. The molecule has 0 spiro atoms. The molecule has 0 bridgehead atoms. The Morgan fingerprint density at radius 1 is 1.19 bits per heavy atom. The number of nitrogens with one attached hydrogen (secondary N) is 1. The van der Waals surface area contributed by atoms with Crippen molar-refractivity contribution in [3.8, 4) is 6.07 Å². The number of benzene rings is 1. The lowest BCUT2D eigenvalue weighted by Gasteiger charge is -2.03.